The fourth-order valence-corrected chi connectivity index (χ4v) is 1.47. The highest BCUT2D eigenvalue weighted by molar-refractivity contribution is 7.80. The molecule has 2 N–H and O–H groups in total. The van der Waals surface area contributed by atoms with Gasteiger partial charge in [0.1, 0.15) is 6.04 Å². The van der Waals surface area contributed by atoms with Crippen LogP contribution in [0, 0.1) is 0 Å². The molecule has 1 saturated heterocycles. The lowest BCUT2D eigenvalue weighted by molar-refractivity contribution is -0.139. The zero-order valence-electron chi connectivity index (χ0n) is 7.79. The number of cyclic esters (lactones) is 1. The second-order valence-corrected chi connectivity index (χ2v) is 3.69. The highest BCUT2D eigenvalue weighted by atomic mass is 32.1. The summed E-state index contributed by atoms with van der Waals surface area (Å²) < 4.78 is 4.78. The van der Waals surface area contributed by atoms with Crippen molar-refractivity contribution in [3.8, 4) is 0 Å². The van der Waals surface area contributed by atoms with Crippen molar-refractivity contribution in [2.45, 2.75) is 32.4 Å². The number of rotatable bonds is 2. The van der Waals surface area contributed by atoms with Gasteiger partial charge >= 0.3 is 5.97 Å². The number of nitrogens with one attached hydrogen (secondary N) is 2. The van der Waals surface area contributed by atoms with E-state index in [-0.39, 0.29) is 18.1 Å². The maximum Gasteiger partial charge on any atom is 0.328 e. The molecule has 74 valence electrons. The van der Waals surface area contributed by atoms with E-state index in [0.29, 0.717) is 18.1 Å². The summed E-state index contributed by atoms with van der Waals surface area (Å²) in [4.78, 5) is 11.0. The molecule has 4 nitrogen and oxygen atoms in total. The molecule has 1 rings (SSSR count). The Balaban J connectivity index is 2.31. The van der Waals surface area contributed by atoms with Gasteiger partial charge in [0.25, 0.3) is 0 Å². The zero-order valence-corrected chi connectivity index (χ0v) is 8.61. The largest absolute Gasteiger partial charge is 0.464 e. The molecule has 0 aromatic heterocycles. The molecular weight excluding hydrogens is 188 g/mol. The van der Waals surface area contributed by atoms with Gasteiger partial charge < -0.3 is 15.4 Å². The van der Waals surface area contributed by atoms with Crippen LogP contribution in [0.5, 0.6) is 0 Å². The van der Waals surface area contributed by atoms with Crippen molar-refractivity contribution in [2.24, 2.45) is 0 Å². The number of hydrogen-bond acceptors (Lipinski definition) is 3. The Kier molecular flexibility index (Phi) is 3.48. The maximum atomic E-state index is 11.0. The average molecular weight is 202 g/mol. The molecule has 13 heavy (non-hydrogen) atoms. The van der Waals surface area contributed by atoms with E-state index < -0.39 is 0 Å². The lowest BCUT2D eigenvalue weighted by Gasteiger charge is -2.15. The summed E-state index contributed by atoms with van der Waals surface area (Å²) in [6, 6.07) is 0.0103. The first-order chi connectivity index (χ1) is 6.09. The molecule has 1 fully saturated rings. The van der Waals surface area contributed by atoms with E-state index in [1.165, 1.54) is 0 Å². The monoisotopic (exact) mass is 202 g/mol. The van der Waals surface area contributed by atoms with Gasteiger partial charge in [0.05, 0.1) is 6.61 Å². The molecule has 0 aromatic carbocycles. The molecule has 5 heteroatoms. The molecule has 1 atom stereocenters. The summed E-state index contributed by atoms with van der Waals surface area (Å²) in [6.07, 6.45) is 0.693. The Morgan fingerprint density at radius 3 is 2.85 bits per heavy atom. The van der Waals surface area contributed by atoms with Gasteiger partial charge in [0.2, 0.25) is 0 Å². The van der Waals surface area contributed by atoms with E-state index in [1.807, 2.05) is 13.8 Å². The fourth-order valence-electron chi connectivity index (χ4n) is 1.09. The minimum Gasteiger partial charge on any atom is -0.464 e. The van der Waals surface area contributed by atoms with Crippen molar-refractivity contribution < 1.29 is 9.53 Å². The minimum absolute atomic E-state index is 0.215. The highest BCUT2D eigenvalue weighted by Crippen LogP contribution is 2.05. The molecule has 1 aliphatic heterocycles. The van der Waals surface area contributed by atoms with Crippen LogP contribution in [0.25, 0.3) is 0 Å². The summed E-state index contributed by atoms with van der Waals surface area (Å²) in [5.41, 5.74) is 0. The Labute approximate surface area is 83.0 Å². The van der Waals surface area contributed by atoms with Crippen LogP contribution in [0.15, 0.2) is 0 Å². The summed E-state index contributed by atoms with van der Waals surface area (Å²) in [6.45, 7) is 4.46. The molecule has 0 saturated carbocycles. The van der Waals surface area contributed by atoms with Crippen molar-refractivity contribution in [1.29, 1.82) is 0 Å². The van der Waals surface area contributed by atoms with Crippen LogP contribution in [-0.2, 0) is 9.53 Å². The first-order valence-corrected chi connectivity index (χ1v) is 4.74. The third-order valence-electron chi connectivity index (χ3n) is 1.66. The quantitative estimate of drug-likeness (QED) is 0.494. The Hall–Kier alpha value is -0.840. The smallest absolute Gasteiger partial charge is 0.328 e. The van der Waals surface area contributed by atoms with Crippen LogP contribution in [-0.4, -0.2) is 29.8 Å². The van der Waals surface area contributed by atoms with Crippen molar-refractivity contribution >= 4 is 23.3 Å². The normalized spacial score (nSPS) is 21.5. The van der Waals surface area contributed by atoms with Gasteiger partial charge in [0.15, 0.2) is 5.11 Å². The first kappa shape index (κ1) is 10.2. The van der Waals surface area contributed by atoms with Gasteiger partial charge in [0, 0.05) is 12.5 Å². The number of carbonyl (C=O) groups is 1. The van der Waals surface area contributed by atoms with E-state index in [9.17, 15) is 4.79 Å². The number of esters is 1. The molecule has 0 amide bonds. The van der Waals surface area contributed by atoms with E-state index in [4.69, 9.17) is 17.0 Å². The van der Waals surface area contributed by atoms with Gasteiger partial charge in [-0.05, 0) is 26.1 Å². The SMILES string of the molecule is CC(C)NC(=S)N[C@H]1CCOC1=O. The minimum atomic E-state index is -0.265. The number of thiocarbonyl (C=S) groups is 1. The van der Waals surface area contributed by atoms with E-state index >= 15 is 0 Å². The van der Waals surface area contributed by atoms with Crippen molar-refractivity contribution in [2.75, 3.05) is 6.61 Å². The molecular formula is C8H14N2O2S. The van der Waals surface area contributed by atoms with E-state index in [1.54, 1.807) is 0 Å². The molecule has 0 unspecified atom stereocenters. The van der Waals surface area contributed by atoms with Gasteiger partial charge in [-0.2, -0.15) is 0 Å². The van der Waals surface area contributed by atoms with Gasteiger partial charge in [-0.25, -0.2) is 4.79 Å². The summed E-state index contributed by atoms with van der Waals surface area (Å²) in [7, 11) is 0. The Bertz CT molecular complexity index is 218. The van der Waals surface area contributed by atoms with Crippen LogP contribution in [0.4, 0.5) is 0 Å². The van der Waals surface area contributed by atoms with Crippen LogP contribution >= 0.6 is 12.2 Å². The predicted octanol–water partition coefficient (Wildman–Crippen LogP) is 0.174. The van der Waals surface area contributed by atoms with Gasteiger partial charge in [-0.1, -0.05) is 0 Å². The Morgan fingerprint density at radius 2 is 2.38 bits per heavy atom. The number of hydrogen-bond donors (Lipinski definition) is 2. The van der Waals surface area contributed by atoms with Gasteiger partial charge in [-0.3, -0.25) is 0 Å². The second-order valence-electron chi connectivity index (χ2n) is 3.28. The third kappa shape index (κ3) is 3.18. The standard InChI is InChI=1S/C8H14N2O2S/c1-5(2)9-8(13)10-6-3-4-12-7(6)11/h5-6H,3-4H2,1-2H3,(H2,9,10,13)/t6-/m0/s1. The number of carbonyl (C=O) groups excluding carboxylic acids is 1. The lowest BCUT2D eigenvalue weighted by Crippen LogP contribution is -2.46. The average Bonchev–Trinajstić information content (AvgIpc) is 2.34. The van der Waals surface area contributed by atoms with Crippen LogP contribution in [0.3, 0.4) is 0 Å². The molecule has 0 spiro atoms. The maximum absolute atomic E-state index is 11.0. The second kappa shape index (κ2) is 4.41. The van der Waals surface area contributed by atoms with Crippen molar-refractivity contribution in [3.63, 3.8) is 0 Å². The third-order valence-corrected chi connectivity index (χ3v) is 1.90. The molecule has 0 radical (unpaired) electrons. The van der Waals surface area contributed by atoms with Crippen LogP contribution < -0.4 is 10.6 Å². The lowest BCUT2D eigenvalue weighted by atomic mass is 10.2. The highest BCUT2D eigenvalue weighted by Gasteiger charge is 2.26. The van der Waals surface area contributed by atoms with Crippen molar-refractivity contribution in [1.82, 2.24) is 10.6 Å². The molecule has 1 aliphatic rings. The molecule has 0 aromatic rings. The Morgan fingerprint density at radius 1 is 1.69 bits per heavy atom. The number of ether oxygens (including phenoxy) is 1. The van der Waals surface area contributed by atoms with E-state index in [0.717, 1.165) is 0 Å². The first-order valence-electron chi connectivity index (χ1n) is 4.33. The van der Waals surface area contributed by atoms with E-state index in [2.05, 4.69) is 10.6 Å². The molecule has 1 heterocycles. The fraction of sp³-hybridized carbons (Fsp3) is 0.750. The summed E-state index contributed by atoms with van der Waals surface area (Å²) >= 11 is 4.99. The predicted molar refractivity (Wildman–Crippen MR) is 53.4 cm³/mol. The summed E-state index contributed by atoms with van der Waals surface area (Å²) in [5.74, 6) is -0.215. The summed E-state index contributed by atoms with van der Waals surface area (Å²) in [5, 5.41) is 6.42. The molecule has 0 bridgehead atoms. The van der Waals surface area contributed by atoms with Crippen molar-refractivity contribution in [3.05, 3.63) is 0 Å². The van der Waals surface area contributed by atoms with Crippen LogP contribution in [0.2, 0.25) is 0 Å². The zero-order chi connectivity index (χ0) is 9.84. The van der Waals surface area contributed by atoms with Gasteiger partial charge in [-0.15, -0.1) is 0 Å². The topological polar surface area (TPSA) is 50.4 Å². The molecule has 0 aliphatic carbocycles. The van der Waals surface area contributed by atoms with Crippen LogP contribution in [0.1, 0.15) is 20.3 Å².